The van der Waals surface area contributed by atoms with Crippen LogP contribution >= 0.6 is 0 Å². The number of nitrogens with zero attached hydrogens (tertiary/aromatic N) is 3. The van der Waals surface area contributed by atoms with Crippen LogP contribution in [0.2, 0.25) is 0 Å². The highest BCUT2D eigenvalue weighted by Crippen LogP contribution is 2.31. The van der Waals surface area contributed by atoms with Crippen molar-refractivity contribution in [3.63, 3.8) is 0 Å². The molecule has 0 fully saturated rings. The summed E-state index contributed by atoms with van der Waals surface area (Å²) in [5.41, 5.74) is 8.29. The molecule has 0 aliphatic rings. The number of hydrogen-bond donors (Lipinski definition) is 1. The summed E-state index contributed by atoms with van der Waals surface area (Å²) < 4.78 is 7.58. The van der Waals surface area contributed by atoms with Gasteiger partial charge in [0.25, 0.3) is 0 Å². The molecular formula is C14H14N4O. The lowest BCUT2D eigenvalue weighted by molar-refractivity contribution is 0.434. The Balaban J connectivity index is 2.11. The maximum atomic E-state index is 5.94. The van der Waals surface area contributed by atoms with E-state index in [9.17, 15) is 0 Å². The maximum Gasteiger partial charge on any atom is 0.217 e. The van der Waals surface area contributed by atoms with E-state index in [1.807, 2.05) is 44.3 Å². The fourth-order valence-corrected chi connectivity index (χ4v) is 2.05. The highest BCUT2D eigenvalue weighted by molar-refractivity contribution is 5.94. The molecule has 0 bridgehead atoms. The van der Waals surface area contributed by atoms with E-state index in [1.165, 1.54) is 0 Å². The highest BCUT2D eigenvalue weighted by Gasteiger charge is 2.10. The quantitative estimate of drug-likeness (QED) is 0.714. The number of anilines is 1. The summed E-state index contributed by atoms with van der Waals surface area (Å²) in [6.45, 7) is 1.92. The number of pyridine rings is 1. The van der Waals surface area contributed by atoms with E-state index in [0.717, 1.165) is 16.6 Å². The molecule has 2 aromatic heterocycles. The molecule has 0 saturated heterocycles. The zero-order chi connectivity index (χ0) is 13.4. The standard InChI is InChI=1S/C14H14N4O/c1-9-8-13(18(2)17-9)19-12-6-5-11(15)10-4-3-7-16-14(10)12/h3-8H,15H2,1-2H3. The molecule has 5 heteroatoms. The second-order valence-electron chi connectivity index (χ2n) is 4.40. The van der Waals surface area contributed by atoms with E-state index < -0.39 is 0 Å². The summed E-state index contributed by atoms with van der Waals surface area (Å²) in [5, 5.41) is 5.14. The lowest BCUT2D eigenvalue weighted by Gasteiger charge is -2.09. The maximum absolute atomic E-state index is 5.94. The first-order chi connectivity index (χ1) is 9.15. The molecule has 0 radical (unpaired) electrons. The van der Waals surface area contributed by atoms with Crippen molar-refractivity contribution < 1.29 is 4.74 Å². The predicted molar refractivity (Wildman–Crippen MR) is 74.2 cm³/mol. The van der Waals surface area contributed by atoms with Crippen LogP contribution in [0.15, 0.2) is 36.5 Å². The molecule has 5 nitrogen and oxygen atoms in total. The van der Waals surface area contributed by atoms with E-state index in [-0.39, 0.29) is 0 Å². The van der Waals surface area contributed by atoms with E-state index in [0.29, 0.717) is 17.3 Å². The van der Waals surface area contributed by atoms with Crippen molar-refractivity contribution in [2.45, 2.75) is 6.92 Å². The van der Waals surface area contributed by atoms with Crippen molar-refractivity contribution in [1.82, 2.24) is 14.8 Å². The Hall–Kier alpha value is -2.56. The van der Waals surface area contributed by atoms with Gasteiger partial charge in [0.1, 0.15) is 5.52 Å². The molecule has 2 heterocycles. The van der Waals surface area contributed by atoms with Gasteiger partial charge in [-0.1, -0.05) is 0 Å². The van der Waals surface area contributed by atoms with Gasteiger partial charge in [0.15, 0.2) is 5.75 Å². The van der Waals surface area contributed by atoms with Gasteiger partial charge in [-0.15, -0.1) is 0 Å². The fraction of sp³-hybridized carbons (Fsp3) is 0.143. The van der Waals surface area contributed by atoms with Crippen molar-refractivity contribution in [1.29, 1.82) is 0 Å². The molecule has 0 atom stereocenters. The van der Waals surface area contributed by atoms with Gasteiger partial charge in [-0.3, -0.25) is 4.98 Å². The number of aryl methyl sites for hydroxylation is 2. The normalized spacial score (nSPS) is 10.8. The third kappa shape index (κ3) is 1.99. The molecule has 19 heavy (non-hydrogen) atoms. The minimum atomic E-state index is 0.674. The fourth-order valence-electron chi connectivity index (χ4n) is 2.05. The van der Waals surface area contributed by atoms with Crippen molar-refractivity contribution in [3.05, 3.63) is 42.2 Å². The summed E-state index contributed by atoms with van der Waals surface area (Å²) in [5.74, 6) is 1.35. The first kappa shape index (κ1) is 11.5. The van der Waals surface area contributed by atoms with E-state index >= 15 is 0 Å². The smallest absolute Gasteiger partial charge is 0.217 e. The average Bonchev–Trinajstić information content (AvgIpc) is 2.72. The molecule has 0 saturated carbocycles. The Kier molecular flexibility index (Phi) is 2.59. The van der Waals surface area contributed by atoms with Gasteiger partial charge in [-0.05, 0) is 31.2 Å². The Morgan fingerprint density at radius 3 is 2.84 bits per heavy atom. The second-order valence-corrected chi connectivity index (χ2v) is 4.40. The van der Waals surface area contributed by atoms with Gasteiger partial charge in [0.05, 0.1) is 5.69 Å². The molecule has 96 valence electrons. The third-order valence-electron chi connectivity index (χ3n) is 2.94. The first-order valence-electron chi connectivity index (χ1n) is 5.97. The van der Waals surface area contributed by atoms with Gasteiger partial charge in [-0.2, -0.15) is 5.10 Å². The van der Waals surface area contributed by atoms with Crippen LogP contribution in [-0.4, -0.2) is 14.8 Å². The Morgan fingerprint density at radius 1 is 1.26 bits per heavy atom. The largest absolute Gasteiger partial charge is 0.437 e. The van der Waals surface area contributed by atoms with Gasteiger partial charge < -0.3 is 10.5 Å². The third-order valence-corrected chi connectivity index (χ3v) is 2.94. The lowest BCUT2D eigenvalue weighted by atomic mass is 10.2. The number of fused-ring (bicyclic) bond motifs is 1. The minimum absolute atomic E-state index is 0.674. The minimum Gasteiger partial charge on any atom is -0.437 e. The Labute approximate surface area is 110 Å². The zero-order valence-electron chi connectivity index (χ0n) is 10.8. The van der Waals surface area contributed by atoms with E-state index in [4.69, 9.17) is 10.5 Å². The molecular weight excluding hydrogens is 240 g/mol. The number of aromatic nitrogens is 3. The molecule has 3 rings (SSSR count). The monoisotopic (exact) mass is 254 g/mol. The topological polar surface area (TPSA) is 66.0 Å². The molecule has 0 unspecified atom stereocenters. The van der Waals surface area contributed by atoms with Crippen molar-refractivity contribution in [2.24, 2.45) is 7.05 Å². The first-order valence-corrected chi connectivity index (χ1v) is 5.97. The van der Waals surface area contributed by atoms with Gasteiger partial charge in [-0.25, -0.2) is 4.68 Å². The zero-order valence-corrected chi connectivity index (χ0v) is 10.8. The molecule has 3 aromatic rings. The molecule has 0 aliphatic carbocycles. The number of nitrogen functional groups attached to an aromatic ring is 1. The summed E-state index contributed by atoms with van der Waals surface area (Å²) >= 11 is 0. The SMILES string of the molecule is Cc1cc(Oc2ccc(N)c3cccnc23)n(C)n1. The van der Waals surface area contributed by atoms with E-state index in [1.54, 1.807) is 10.9 Å². The Bertz CT molecular complexity index is 748. The van der Waals surface area contributed by atoms with Crippen molar-refractivity contribution >= 4 is 16.6 Å². The van der Waals surface area contributed by atoms with Crippen LogP contribution in [0.4, 0.5) is 5.69 Å². The molecule has 0 amide bonds. The number of hydrogen-bond acceptors (Lipinski definition) is 4. The average molecular weight is 254 g/mol. The van der Waals surface area contributed by atoms with Crippen LogP contribution in [0.25, 0.3) is 10.9 Å². The highest BCUT2D eigenvalue weighted by atomic mass is 16.5. The number of benzene rings is 1. The summed E-state index contributed by atoms with van der Waals surface area (Å²) in [7, 11) is 1.84. The van der Waals surface area contributed by atoms with Crippen molar-refractivity contribution in [3.8, 4) is 11.6 Å². The van der Waals surface area contributed by atoms with Crippen LogP contribution in [0.3, 0.4) is 0 Å². The number of nitrogens with two attached hydrogens (primary N) is 1. The molecule has 0 spiro atoms. The van der Waals surface area contributed by atoms with Gasteiger partial charge in [0.2, 0.25) is 5.88 Å². The van der Waals surface area contributed by atoms with E-state index in [2.05, 4.69) is 10.1 Å². The molecule has 0 aliphatic heterocycles. The Morgan fingerprint density at radius 2 is 2.11 bits per heavy atom. The predicted octanol–water partition coefficient (Wildman–Crippen LogP) is 2.65. The van der Waals surface area contributed by atoms with Crippen LogP contribution in [0.5, 0.6) is 11.6 Å². The van der Waals surface area contributed by atoms with Gasteiger partial charge in [0, 0.05) is 30.4 Å². The van der Waals surface area contributed by atoms with Crippen molar-refractivity contribution in [2.75, 3.05) is 5.73 Å². The molecule has 1 aromatic carbocycles. The summed E-state index contributed by atoms with van der Waals surface area (Å²) in [6, 6.07) is 9.32. The number of ether oxygens (including phenoxy) is 1. The van der Waals surface area contributed by atoms with Crippen LogP contribution in [0.1, 0.15) is 5.69 Å². The van der Waals surface area contributed by atoms with Crippen LogP contribution in [-0.2, 0) is 7.05 Å². The molecule has 2 N–H and O–H groups in total. The van der Waals surface area contributed by atoms with Crippen LogP contribution in [0, 0.1) is 6.92 Å². The lowest BCUT2D eigenvalue weighted by Crippen LogP contribution is -1.97. The summed E-state index contributed by atoms with van der Waals surface area (Å²) in [6.07, 6.45) is 1.73. The van der Waals surface area contributed by atoms with Gasteiger partial charge >= 0.3 is 0 Å². The van der Waals surface area contributed by atoms with Crippen LogP contribution < -0.4 is 10.5 Å². The summed E-state index contributed by atoms with van der Waals surface area (Å²) in [4.78, 5) is 4.34. The second kappa shape index (κ2) is 4.28. The number of rotatable bonds is 2.